The first-order valence-corrected chi connectivity index (χ1v) is 11.3. The van der Waals surface area contributed by atoms with Crippen LogP contribution in [-0.2, 0) is 23.0 Å². The minimum absolute atomic E-state index is 0.198. The summed E-state index contributed by atoms with van der Waals surface area (Å²) in [6.07, 6.45) is 10.6. The molecule has 0 radical (unpaired) electrons. The minimum atomic E-state index is 0.198. The molecule has 5 rings (SSSR count). The monoisotopic (exact) mass is 389 g/mol. The first-order valence-electron chi connectivity index (χ1n) is 11.3. The number of ether oxygens (including phenoxy) is 1. The van der Waals surface area contributed by atoms with E-state index < -0.39 is 0 Å². The van der Waals surface area contributed by atoms with Gasteiger partial charge in [-0.2, -0.15) is 0 Å². The van der Waals surface area contributed by atoms with Crippen molar-refractivity contribution < 1.29 is 9.53 Å². The van der Waals surface area contributed by atoms with Crippen molar-refractivity contribution in [2.75, 3.05) is 6.61 Å². The number of aryl methyl sites for hydroxylation is 2. The van der Waals surface area contributed by atoms with Gasteiger partial charge in [-0.15, -0.1) is 0 Å². The SMILES string of the molecule is CC[C@@]12CC[C@]3(CO3)C[C@@H]1CCCc1cc(C(=O)Cc3cccnc3C)ccc12. The number of rotatable bonds is 4. The number of hydrogen-bond donors (Lipinski definition) is 0. The summed E-state index contributed by atoms with van der Waals surface area (Å²) in [5.41, 5.74) is 6.24. The van der Waals surface area contributed by atoms with E-state index in [1.54, 1.807) is 6.20 Å². The molecular weight excluding hydrogens is 358 g/mol. The van der Waals surface area contributed by atoms with Gasteiger partial charge in [0.25, 0.3) is 0 Å². The normalized spacial score (nSPS) is 30.3. The van der Waals surface area contributed by atoms with Gasteiger partial charge in [-0.3, -0.25) is 9.78 Å². The summed E-state index contributed by atoms with van der Waals surface area (Å²) >= 11 is 0. The van der Waals surface area contributed by atoms with Crippen LogP contribution in [0.4, 0.5) is 0 Å². The average molecular weight is 390 g/mol. The molecule has 1 saturated heterocycles. The summed E-state index contributed by atoms with van der Waals surface area (Å²) in [5.74, 6) is 0.911. The smallest absolute Gasteiger partial charge is 0.167 e. The number of epoxide rings is 1. The Balaban J connectivity index is 1.46. The van der Waals surface area contributed by atoms with Gasteiger partial charge in [0.05, 0.1) is 12.2 Å². The van der Waals surface area contributed by atoms with E-state index in [2.05, 4.69) is 30.1 Å². The van der Waals surface area contributed by atoms with Crippen molar-refractivity contribution in [2.45, 2.75) is 76.2 Å². The zero-order valence-electron chi connectivity index (χ0n) is 17.7. The fourth-order valence-corrected chi connectivity index (χ4v) is 6.13. The number of pyridine rings is 1. The van der Waals surface area contributed by atoms with Crippen molar-refractivity contribution in [1.82, 2.24) is 4.98 Å². The van der Waals surface area contributed by atoms with Crippen molar-refractivity contribution in [3.63, 3.8) is 0 Å². The average Bonchev–Trinajstić information content (AvgIpc) is 3.51. The fourth-order valence-electron chi connectivity index (χ4n) is 6.13. The maximum absolute atomic E-state index is 13.0. The molecule has 0 bridgehead atoms. The van der Waals surface area contributed by atoms with Crippen LogP contribution in [0, 0.1) is 12.8 Å². The van der Waals surface area contributed by atoms with Gasteiger partial charge in [-0.05, 0) is 92.0 Å². The molecule has 1 spiro atoms. The summed E-state index contributed by atoms with van der Waals surface area (Å²) in [6, 6.07) is 10.5. The number of ketones is 1. The summed E-state index contributed by atoms with van der Waals surface area (Å²) in [5, 5.41) is 0. The fraction of sp³-hybridized carbons (Fsp3) is 0.538. The third-order valence-corrected chi connectivity index (χ3v) is 8.04. The molecule has 3 nitrogen and oxygen atoms in total. The maximum Gasteiger partial charge on any atom is 0.167 e. The highest BCUT2D eigenvalue weighted by Gasteiger charge is 2.56. The lowest BCUT2D eigenvalue weighted by atomic mass is 9.58. The van der Waals surface area contributed by atoms with Crippen LogP contribution in [0.3, 0.4) is 0 Å². The number of Topliss-reactive ketones (excluding diaryl/α,β-unsaturated/α-hetero) is 1. The van der Waals surface area contributed by atoms with Gasteiger partial charge in [-0.1, -0.05) is 25.1 Å². The molecule has 3 atom stereocenters. The third kappa shape index (κ3) is 3.24. The summed E-state index contributed by atoms with van der Waals surface area (Å²) in [7, 11) is 0. The van der Waals surface area contributed by atoms with Crippen molar-refractivity contribution in [1.29, 1.82) is 0 Å². The lowest BCUT2D eigenvalue weighted by Crippen LogP contribution is -2.43. The molecule has 152 valence electrons. The zero-order chi connectivity index (χ0) is 20.1. The van der Waals surface area contributed by atoms with Gasteiger partial charge in [-0.25, -0.2) is 0 Å². The first-order chi connectivity index (χ1) is 14.1. The van der Waals surface area contributed by atoms with E-state index in [1.165, 1.54) is 49.7 Å². The summed E-state index contributed by atoms with van der Waals surface area (Å²) in [4.78, 5) is 17.3. The van der Waals surface area contributed by atoms with Crippen LogP contribution in [0.15, 0.2) is 36.5 Å². The minimum Gasteiger partial charge on any atom is -0.370 e. The van der Waals surface area contributed by atoms with Gasteiger partial charge >= 0.3 is 0 Å². The van der Waals surface area contributed by atoms with E-state index in [0.717, 1.165) is 29.8 Å². The standard InChI is InChI=1S/C26H31NO2/c1-3-26-12-11-25(17-29-25)16-22(26)8-4-6-20-14-21(9-10-23(20)26)24(28)15-19-7-5-13-27-18(19)2/h5,7,9-10,13-14,22H,3-4,6,8,11-12,15-17H2,1-2H3/t22-,25+,26+/m0/s1. The van der Waals surface area contributed by atoms with Crippen LogP contribution in [0.2, 0.25) is 0 Å². The number of carbonyl (C=O) groups excluding carboxylic acids is 1. The number of fused-ring (bicyclic) bond motifs is 3. The zero-order valence-corrected chi connectivity index (χ0v) is 17.7. The molecule has 0 amide bonds. The molecule has 0 N–H and O–H groups in total. The van der Waals surface area contributed by atoms with Gasteiger partial charge < -0.3 is 4.74 Å². The molecule has 2 aromatic rings. The number of hydrogen-bond acceptors (Lipinski definition) is 3. The number of carbonyl (C=O) groups is 1. The van der Waals surface area contributed by atoms with E-state index in [9.17, 15) is 4.79 Å². The van der Waals surface area contributed by atoms with Crippen molar-refractivity contribution >= 4 is 5.78 Å². The Morgan fingerprint density at radius 3 is 2.90 bits per heavy atom. The second-order valence-electron chi connectivity index (χ2n) is 9.49. The highest BCUT2D eigenvalue weighted by molar-refractivity contribution is 5.97. The van der Waals surface area contributed by atoms with Crippen LogP contribution in [0.25, 0.3) is 0 Å². The third-order valence-electron chi connectivity index (χ3n) is 8.04. The molecule has 2 aliphatic carbocycles. The number of benzene rings is 1. The molecule has 3 heteroatoms. The molecule has 1 saturated carbocycles. The molecule has 0 unspecified atom stereocenters. The van der Waals surface area contributed by atoms with Gasteiger partial charge in [0.1, 0.15) is 0 Å². The molecular formula is C26H31NO2. The Bertz CT molecular complexity index is 945. The number of aromatic nitrogens is 1. The van der Waals surface area contributed by atoms with Crippen LogP contribution in [-0.4, -0.2) is 23.0 Å². The Kier molecular flexibility index (Phi) is 4.62. The topological polar surface area (TPSA) is 42.5 Å². The van der Waals surface area contributed by atoms with E-state index in [1.807, 2.05) is 19.1 Å². The molecule has 3 aliphatic rings. The molecule has 1 aliphatic heterocycles. The predicted molar refractivity (Wildman–Crippen MR) is 114 cm³/mol. The predicted octanol–water partition coefficient (Wildman–Crippen LogP) is 5.37. The van der Waals surface area contributed by atoms with Crippen molar-refractivity contribution in [2.24, 2.45) is 5.92 Å². The lowest BCUT2D eigenvalue weighted by Gasteiger charge is -2.46. The maximum atomic E-state index is 13.0. The van der Waals surface area contributed by atoms with Gasteiger partial charge in [0.2, 0.25) is 0 Å². The summed E-state index contributed by atoms with van der Waals surface area (Å²) in [6.45, 7) is 5.31. The molecule has 2 heterocycles. The van der Waals surface area contributed by atoms with Crippen molar-refractivity contribution in [3.05, 3.63) is 64.5 Å². The Hall–Kier alpha value is -2.00. The first kappa shape index (κ1) is 19.0. The Morgan fingerprint density at radius 2 is 2.14 bits per heavy atom. The Morgan fingerprint density at radius 1 is 1.28 bits per heavy atom. The van der Waals surface area contributed by atoms with Gasteiger partial charge in [0.15, 0.2) is 5.78 Å². The Labute approximate surface area is 173 Å². The van der Waals surface area contributed by atoms with Crippen LogP contribution >= 0.6 is 0 Å². The molecule has 29 heavy (non-hydrogen) atoms. The highest BCUT2D eigenvalue weighted by Crippen LogP contribution is 2.57. The quantitative estimate of drug-likeness (QED) is 0.521. The van der Waals surface area contributed by atoms with Crippen LogP contribution < -0.4 is 0 Å². The molecule has 2 fully saturated rings. The second-order valence-corrected chi connectivity index (χ2v) is 9.49. The van der Waals surface area contributed by atoms with E-state index in [-0.39, 0.29) is 16.8 Å². The van der Waals surface area contributed by atoms with E-state index >= 15 is 0 Å². The summed E-state index contributed by atoms with van der Waals surface area (Å²) < 4.78 is 5.87. The molecule has 1 aromatic heterocycles. The van der Waals surface area contributed by atoms with Crippen LogP contribution in [0.5, 0.6) is 0 Å². The number of nitrogens with zero attached hydrogens (tertiary/aromatic N) is 1. The van der Waals surface area contributed by atoms with Crippen LogP contribution in [0.1, 0.15) is 78.2 Å². The van der Waals surface area contributed by atoms with E-state index in [0.29, 0.717) is 12.3 Å². The van der Waals surface area contributed by atoms with Gasteiger partial charge in [0, 0.05) is 23.9 Å². The molecule has 1 aromatic carbocycles. The van der Waals surface area contributed by atoms with Crippen molar-refractivity contribution in [3.8, 4) is 0 Å². The lowest BCUT2D eigenvalue weighted by molar-refractivity contribution is 0.0968. The largest absolute Gasteiger partial charge is 0.370 e. The van der Waals surface area contributed by atoms with E-state index in [4.69, 9.17) is 4.74 Å². The highest BCUT2D eigenvalue weighted by atomic mass is 16.6. The second kappa shape index (κ2) is 7.05.